The van der Waals surface area contributed by atoms with Crippen LogP contribution in [0.3, 0.4) is 0 Å². The minimum atomic E-state index is -0.389. The normalized spacial score (nSPS) is 10.2. The number of anilines is 3. The number of nitrogens with zero attached hydrogens (tertiary/aromatic N) is 2. The zero-order valence-electron chi connectivity index (χ0n) is 14.5. The Hall–Kier alpha value is -3.54. The second-order valence-electron chi connectivity index (χ2n) is 5.87. The molecule has 0 atom stereocenters. The van der Waals surface area contributed by atoms with Crippen LogP contribution in [-0.2, 0) is 0 Å². The van der Waals surface area contributed by atoms with E-state index in [0.717, 1.165) is 11.3 Å². The van der Waals surface area contributed by atoms with E-state index in [2.05, 4.69) is 20.6 Å². The number of aromatic nitrogens is 2. The third-order valence-corrected chi connectivity index (χ3v) is 3.70. The third-order valence-electron chi connectivity index (χ3n) is 3.70. The standard InChI is InChI=1S/C20H18N4O2/c1-13-5-3-7-16(9-13)23-19-12-21-18(11-22-19)20(26)24-17-8-4-6-15(10-17)14(2)25/h3-12H,1-2H3,(H,22,23)(H,24,26). The van der Waals surface area contributed by atoms with E-state index in [0.29, 0.717) is 17.1 Å². The summed E-state index contributed by atoms with van der Waals surface area (Å²) in [7, 11) is 0. The first-order valence-corrected chi connectivity index (χ1v) is 8.09. The molecule has 1 heterocycles. The summed E-state index contributed by atoms with van der Waals surface area (Å²) in [6, 6.07) is 14.6. The van der Waals surface area contributed by atoms with E-state index in [-0.39, 0.29) is 17.4 Å². The quantitative estimate of drug-likeness (QED) is 0.683. The molecule has 1 aromatic heterocycles. The summed E-state index contributed by atoms with van der Waals surface area (Å²) in [5.74, 6) is 0.0958. The third kappa shape index (κ3) is 4.30. The van der Waals surface area contributed by atoms with Crippen LogP contribution >= 0.6 is 0 Å². The van der Waals surface area contributed by atoms with Gasteiger partial charge in [0, 0.05) is 16.9 Å². The number of hydrogen-bond acceptors (Lipinski definition) is 5. The molecule has 0 unspecified atom stereocenters. The first-order valence-electron chi connectivity index (χ1n) is 8.09. The summed E-state index contributed by atoms with van der Waals surface area (Å²) in [4.78, 5) is 32.1. The average molecular weight is 346 g/mol. The predicted octanol–water partition coefficient (Wildman–Crippen LogP) is 3.98. The Kier molecular flexibility index (Phi) is 5.03. The lowest BCUT2D eigenvalue weighted by atomic mass is 10.1. The number of hydrogen-bond donors (Lipinski definition) is 2. The van der Waals surface area contributed by atoms with Gasteiger partial charge in [0.05, 0.1) is 12.4 Å². The Bertz CT molecular complexity index is 952. The summed E-state index contributed by atoms with van der Waals surface area (Å²) >= 11 is 0. The van der Waals surface area contributed by atoms with E-state index < -0.39 is 0 Å². The topological polar surface area (TPSA) is 84.0 Å². The van der Waals surface area contributed by atoms with Gasteiger partial charge >= 0.3 is 0 Å². The lowest BCUT2D eigenvalue weighted by Crippen LogP contribution is -2.14. The highest BCUT2D eigenvalue weighted by Crippen LogP contribution is 2.16. The minimum absolute atomic E-state index is 0.0625. The molecule has 0 fully saturated rings. The first kappa shape index (κ1) is 17.3. The number of amides is 1. The molecule has 0 saturated heterocycles. The highest BCUT2D eigenvalue weighted by Gasteiger charge is 2.10. The van der Waals surface area contributed by atoms with Crippen LogP contribution in [0.25, 0.3) is 0 Å². The molecule has 2 N–H and O–H groups in total. The fourth-order valence-corrected chi connectivity index (χ4v) is 2.39. The van der Waals surface area contributed by atoms with Crippen LogP contribution in [0.1, 0.15) is 33.3 Å². The van der Waals surface area contributed by atoms with Crippen molar-refractivity contribution < 1.29 is 9.59 Å². The Morgan fingerprint density at radius 1 is 0.923 bits per heavy atom. The van der Waals surface area contributed by atoms with Crippen molar-refractivity contribution in [1.82, 2.24) is 9.97 Å². The molecular formula is C20H18N4O2. The molecule has 0 spiro atoms. The van der Waals surface area contributed by atoms with E-state index in [4.69, 9.17) is 0 Å². The Morgan fingerprint density at radius 2 is 1.69 bits per heavy atom. The molecule has 3 aromatic rings. The SMILES string of the molecule is CC(=O)c1cccc(NC(=O)c2cnc(Nc3cccc(C)c3)cn2)c1. The smallest absolute Gasteiger partial charge is 0.275 e. The number of nitrogens with one attached hydrogen (secondary N) is 2. The highest BCUT2D eigenvalue weighted by atomic mass is 16.2. The maximum Gasteiger partial charge on any atom is 0.275 e. The van der Waals surface area contributed by atoms with E-state index in [1.54, 1.807) is 24.3 Å². The number of Topliss-reactive ketones (excluding diaryl/α,β-unsaturated/α-hetero) is 1. The lowest BCUT2D eigenvalue weighted by molar-refractivity contribution is 0.100. The monoisotopic (exact) mass is 346 g/mol. The van der Waals surface area contributed by atoms with Crippen molar-refractivity contribution in [1.29, 1.82) is 0 Å². The zero-order valence-corrected chi connectivity index (χ0v) is 14.5. The van der Waals surface area contributed by atoms with Crippen molar-refractivity contribution in [2.45, 2.75) is 13.8 Å². The summed E-state index contributed by atoms with van der Waals surface area (Å²) in [6.45, 7) is 3.48. The van der Waals surface area contributed by atoms with E-state index in [1.165, 1.54) is 19.3 Å². The van der Waals surface area contributed by atoms with Gasteiger partial charge < -0.3 is 10.6 Å². The number of carbonyl (C=O) groups excluding carboxylic acids is 2. The highest BCUT2D eigenvalue weighted by molar-refractivity contribution is 6.03. The Labute approximate surface area is 151 Å². The molecule has 0 saturated carbocycles. The zero-order chi connectivity index (χ0) is 18.5. The average Bonchev–Trinajstić information content (AvgIpc) is 2.62. The maximum absolute atomic E-state index is 12.3. The first-order chi connectivity index (χ1) is 12.5. The molecule has 130 valence electrons. The second-order valence-corrected chi connectivity index (χ2v) is 5.87. The molecule has 3 rings (SSSR count). The molecule has 6 heteroatoms. The fraction of sp³-hybridized carbons (Fsp3) is 0.100. The Morgan fingerprint density at radius 3 is 2.38 bits per heavy atom. The van der Waals surface area contributed by atoms with Gasteiger partial charge in [0.15, 0.2) is 5.78 Å². The molecule has 0 radical (unpaired) electrons. The molecular weight excluding hydrogens is 328 g/mol. The van der Waals surface area contributed by atoms with Crippen LogP contribution in [0, 0.1) is 6.92 Å². The minimum Gasteiger partial charge on any atom is -0.339 e. The van der Waals surface area contributed by atoms with Crippen molar-refractivity contribution in [2.24, 2.45) is 0 Å². The molecule has 2 aromatic carbocycles. The Balaban J connectivity index is 1.69. The van der Waals surface area contributed by atoms with Gasteiger partial charge in [-0.05, 0) is 43.7 Å². The second kappa shape index (κ2) is 7.57. The number of rotatable bonds is 5. The van der Waals surface area contributed by atoms with Crippen LogP contribution in [-0.4, -0.2) is 21.7 Å². The van der Waals surface area contributed by atoms with Crippen molar-refractivity contribution in [3.63, 3.8) is 0 Å². The van der Waals surface area contributed by atoms with Crippen molar-refractivity contribution in [2.75, 3.05) is 10.6 Å². The van der Waals surface area contributed by atoms with Crippen molar-refractivity contribution in [3.05, 3.63) is 77.7 Å². The van der Waals surface area contributed by atoms with Crippen LogP contribution in [0.2, 0.25) is 0 Å². The largest absolute Gasteiger partial charge is 0.339 e. The molecule has 0 aliphatic heterocycles. The maximum atomic E-state index is 12.3. The lowest BCUT2D eigenvalue weighted by Gasteiger charge is -2.08. The number of carbonyl (C=O) groups is 2. The molecule has 6 nitrogen and oxygen atoms in total. The predicted molar refractivity (Wildman–Crippen MR) is 101 cm³/mol. The van der Waals surface area contributed by atoms with Gasteiger partial charge in [-0.3, -0.25) is 9.59 Å². The van der Waals surface area contributed by atoms with Crippen molar-refractivity contribution >= 4 is 28.9 Å². The van der Waals surface area contributed by atoms with Gasteiger partial charge in [-0.25, -0.2) is 9.97 Å². The van der Waals surface area contributed by atoms with Gasteiger partial charge in [0.2, 0.25) is 0 Å². The molecule has 1 amide bonds. The number of benzene rings is 2. The molecule has 0 aliphatic carbocycles. The fourth-order valence-electron chi connectivity index (χ4n) is 2.39. The summed E-state index contributed by atoms with van der Waals surface area (Å²) in [5.41, 5.74) is 3.29. The van der Waals surface area contributed by atoms with Gasteiger partial charge in [-0.15, -0.1) is 0 Å². The van der Waals surface area contributed by atoms with Crippen molar-refractivity contribution in [3.8, 4) is 0 Å². The van der Waals surface area contributed by atoms with Gasteiger partial charge in [0.25, 0.3) is 5.91 Å². The molecule has 0 aliphatic rings. The summed E-state index contributed by atoms with van der Waals surface area (Å²) < 4.78 is 0. The van der Waals surface area contributed by atoms with Gasteiger partial charge in [0.1, 0.15) is 11.5 Å². The van der Waals surface area contributed by atoms with E-state index in [9.17, 15) is 9.59 Å². The van der Waals surface area contributed by atoms with Crippen LogP contribution in [0.4, 0.5) is 17.2 Å². The van der Waals surface area contributed by atoms with Crippen LogP contribution in [0.15, 0.2) is 60.9 Å². The molecule has 26 heavy (non-hydrogen) atoms. The van der Waals surface area contributed by atoms with Gasteiger partial charge in [-0.2, -0.15) is 0 Å². The molecule has 0 bridgehead atoms. The van der Waals surface area contributed by atoms with Crippen LogP contribution in [0.5, 0.6) is 0 Å². The number of ketones is 1. The van der Waals surface area contributed by atoms with E-state index >= 15 is 0 Å². The summed E-state index contributed by atoms with van der Waals surface area (Å²) in [6.07, 6.45) is 2.91. The number of aryl methyl sites for hydroxylation is 1. The summed E-state index contributed by atoms with van der Waals surface area (Å²) in [5, 5.41) is 5.85. The van der Waals surface area contributed by atoms with E-state index in [1.807, 2.05) is 31.2 Å². The van der Waals surface area contributed by atoms with Gasteiger partial charge in [-0.1, -0.05) is 24.3 Å². The van der Waals surface area contributed by atoms with Crippen LogP contribution < -0.4 is 10.6 Å².